The summed E-state index contributed by atoms with van der Waals surface area (Å²) < 4.78 is 24.3. The number of carbonyl (C=O) groups is 1. The molecule has 5 heteroatoms. The van der Waals surface area contributed by atoms with Crippen LogP contribution in [0.5, 0.6) is 11.5 Å². The summed E-state index contributed by atoms with van der Waals surface area (Å²) in [6, 6.07) is 17.4. The third-order valence-corrected chi connectivity index (χ3v) is 3.63. The van der Waals surface area contributed by atoms with Gasteiger partial charge in [0.2, 0.25) is 0 Å². The number of nitrogens with one attached hydrogen (secondary N) is 1. The highest BCUT2D eigenvalue weighted by Gasteiger charge is 2.10. The minimum atomic E-state index is -0.423. The van der Waals surface area contributed by atoms with Crippen LogP contribution in [-0.2, 0) is 4.79 Å². The number of halogens is 1. The molecule has 0 saturated heterocycles. The molecular weight excluding hydrogens is 321 g/mol. The average Bonchev–Trinajstić information content (AvgIpc) is 2.62. The summed E-state index contributed by atoms with van der Waals surface area (Å²) in [5, 5.41) is 4.66. The van der Waals surface area contributed by atoms with Crippen LogP contribution in [0.3, 0.4) is 0 Å². The maximum atomic E-state index is 13.3. The Morgan fingerprint density at radius 3 is 2.64 bits per heavy atom. The predicted molar refractivity (Wildman–Crippen MR) is 95.6 cm³/mol. The first-order valence-corrected chi connectivity index (χ1v) is 8.00. The second kappa shape index (κ2) is 7.66. The first-order valence-electron chi connectivity index (χ1n) is 8.00. The van der Waals surface area contributed by atoms with E-state index in [0.29, 0.717) is 23.8 Å². The molecule has 1 amide bonds. The number of hydrogen-bond acceptors (Lipinski definition) is 3. The van der Waals surface area contributed by atoms with Crippen LogP contribution in [0.2, 0.25) is 0 Å². The third-order valence-electron chi connectivity index (χ3n) is 3.63. The van der Waals surface area contributed by atoms with Gasteiger partial charge in [-0.15, -0.1) is 0 Å². The molecule has 0 fully saturated rings. The second-order valence-corrected chi connectivity index (χ2v) is 5.39. The Balaban J connectivity index is 1.69. The Labute approximate surface area is 145 Å². The Kier molecular flexibility index (Phi) is 5.14. The van der Waals surface area contributed by atoms with Crippen molar-refractivity contribution in [2.45, 2.75) is 6.92 Å². The minimum Gasteiger partial charge on any atom is -0.492 e. The Hall–Kier alpha value is -3.08. The normalized spacial score (nSPS) is 10.5. The van der Waals surface area contributed by atoms with Gasteiger partial charge in [-0.05, 0) is 30.5 Å². The van der Waals surface area contributed by atoms with E-state index in [0.717, 1.165) is 10.8 Å². The number of anilines is 1. The highest BCUT2D eigenvalue weighted by molar-refractivity contribution is 5.94. The van der Waals surface area contributed by atoms with E-state index in [4.69, 9.17) is 9.47 Å². The van der Waals surface area contributed by atoms with Gasteiger partial charge in [0.25, 0.3) is 5.91 Å². The van der Waals surface area contributed by atoms with Crippen LogP contribution in [0.15, 0.2) is 60.7 Å². The van der Waals surface area contributed by atoms with Crippen molar-refractivity contribution in [3.63, 3.8) is 0 Å². The van der Waals surface area contributed by atoms with E-state index in [1.807, 2.05) is 42.5 Å². The van der Waals surface area contributed by atoms with Gasteiger partial charge in [0.15, 0.2) is 6.61 Å². The molecule has 0 saturated carbocycles. The maximum absolute atomic E-state index is 13.3. The quantitative estimate of drug-likeness (QED) is 0.724. The van der Waals surface area contributed by atoms with Gasteiger partial charge in [0.1, 0.15) is 17.3 Å². The van der Waals surface area contributed by atoms with Gasteiger partial charge in [-0.1, -0.05) is 36.4 Å². The number of hydrogen-bond donors (Lipinski definition) is 1. The predicted octanol–water partition coefficient (Wildman–Crippen LogP) is 4.40. The van der Waals surface area contributed by atoms with Crippen molar-refractivity contribution in [3.8, 4) is 11.5 Å². The van der Waals surface area contributed by atoms with Crippen molar-refractivity contribution in [1.29, 1.82) is 0 Å². The summed E-state index contributed by atoms with van der Waals surface area (Å²) in [6.45, 7) is 2.01. The highest BCUT2D eigenvalue weighted by Crippen LogP contribution is 2.27. The third kappa shape index (κ3) is 4.07. The van der Waals surface area contributed by atoms with Crippen LogP contribution < -0.4 is 14.8 Å². The van der Waals surface area contributed by atoms with Crippen molar-refractivity contribution in [2.75, 3.05) is 18.5 Å². The monoisotopic (exact) mass is 339 g/mol. The van der Waals surface area contributed by atoms with Crippen molar-refractivity contribution < 1.29 is 18.7 Å². The number of rotatable bonds is 6. The molecule has 128 valence electrons. The Morgan fingerprint density at radius 2 is 1.80 bits per heavy atom. The first kappa shape index (κ1) is 16.8. The number of ether oxygens (including phenoxy) is 2. The van der Waals surface area contributed by atoms with E-state index >= 15 is 0 Å². The lowest BCUT2D eigenvalue weighted by Crippen LogP contribution is -2.20. The van der Waals surface area contributed by atoms with Crippen molar-refractivity contribution in [3.05, 3.63) is 66.5 Å². The molecule has 0 aromatic heterocycles. The minimum absolute atomic E-state index is 0.156. The molecule has 0 spiro atoms. The van der Waals surface area contributed by atoms with Crippen LogP contribution in [-0.4, -0.2) is 19.1 Å². The summed E-state index contributed by atoms with van der Waals surface area (Å²) in [5.41, 5.74) is 0.412. The number of amides is 1. The summed E-state index contributed by atoms with van der Waals surface area (Å²) in [4.78, 5) is 12.2. The van der Waals surface area contributed by atoms with Gasteiger partial charge in [0.05, 0.1) is 12.3 Å². The average molecular weight is 339 g/mol. The zero-order chi connectivity index (χ0) is 17.6. The summed E-state index contributed by atoms with van der Waals surface area (Å²) >= 11 is 0. The Bertz CT molecular complexity index is 890. The molecule has 0 heterocycles. The summed E-state index contributed by atoms with van der Waals surface area (Å²) in [5.74, 6) is 0.160. The van der Waals surface area contributed by atoms with Gasteiger partial charge in [-0.25, -0.2) is 4.39 Å². The van der Waals surface area contributed by atoms with Crippen molar-refractivity contribution in [1.82, 2.24) is 0 Å². The molecule has 0 bridgehead atoms. The molecule has 3 aromatic rings. The smallest absolute Gasteiger partial charge is 0.262 e. The van der Waals surface area contributed by atoms with Crippen LogP contribution in [0.4, 0.5) is 10.1 Å². The summed E-state index contributed by atoms with van der Waals surface area (Å²) in [7, 11) is 0. The van der Waals surface area contributed by atoms with E-state index in [2.05, 4.69) is 5.32 Å². The standard InChI is InChI=1S/C20H18FNO3/c1-2-24-19-12-15(21)10-11-17(19)22-20(23)13-25-18-9-5-7-14-6-3-4-8-16(14)18/h3-12H,2,13H2,1H3,(H,22,23). The van der Waals surface area contributed by atoms with E-state index in [-0.39, 0.29) is 12.5 Å². The fourth-order valence-corrected chi connectivity index (χ4v) is 2.53. The number of carbonyl (C=O) groups excluding carboxylic acids is 1. The van der Waals surface area contributed by atoms with Crippen LogP contribution in [0, 0.1) is 5.82 Å². The molecule has 0 atom stereocenters. The van der Waals surface area contributed by atoms with E-state index in [9.17, 15) is 9.18 Å². The molecule has 25 heavy (non-hydrogen) atoms. The van der Waals surface area contributed by atoms with Crippen molar-refractivity contribution in [2.24, 2.45) is 0 Å². The first-order chi connectivity index (χ1) is 12.2. The zero-order valence-corrected chi connectivity index (χ0v) is 13.8. The van der Waals surface area contributed by atoms with E-state index < -0.39 is 5.82 Å². The fraction of sp³-hybridized carbons (Fsp3) is 0.150. The second-order valence-electron chi connectivity index (χ2n) is 5.39. The largest absolute Gasteiger partial charge is 0.492 e. The van der Waals surface area contributed by atoms with Gasteiger partial charge in [0, 0.05) is 11.5 Å². The topological polar surface area (TPSA) is 47.6 Å². The molecule has 1 N–H and O–H groups in total. The van der Waals surface area contributed by atoms with Gasteiger partial charge >= 0.3 is 0 Å². The fourth-order valence-electron chi connectivity index (χ4n) is 2.53. The lowest BCUT2D eigenvalue weighted by Gasteiger charge is -2.13. The molecular formula is C20H18FNO3. The SMILES string of the molecule is CCOc1cc(F)ccc1NC(=O)COc1cccc2ccccc12. The number of benzene rings is 3. The van der Waals surface area contributed by atoms with Crippen LogP contribution in [0.1, 0.15) is 6.92 Å². The lowest BCUT2D eigenvalue weighted by atomic mass is 10.1. The molecule has 0 aliphatic carbocycles. The molecule has 0 aliphatic heterocycles. The van der Waals surface area contributed by atoms with E-state index in [1.165, 1.54) is 18.2 Å². The van der Waals surface area contributed by atoms with Crippen LogP contribution >= 0.6 is 0 Å². The van der Waals surface area contributed by atoms with Gasteiger partial charge < -0.3 is 14.8 Å². The lowest BCUT2D eigenvalue weighted by molar-refractivity contribution is -0.118. The number of fused-ring (bicyclic) bond motifs is 1. The molecule has 0 aliphatic rings. The van der Waals surface area contributed by atoms with E-state index in [1.54, 1.807) is 6.92 Å². The molecule has 4 nitrogen and oxygen atoms in total. The zero-order valence-electron chi connectivity index (χ0n) is 13.8. The maximum Gasteiger partial charge on any atom is 0.262 e. The van der Waals surface area contributed by atoms with Gasteiger partial charge in [-0.3, -0.25) is 4.79 Å². The van der Waals surface area contributed by atoms with Crippen LogP contribution in [0.25, 0.3) is 10.8 Å². The molecule has 3 rings (SSSR count). The highest BCUT2D eigenvalue weighted by atomic mass is 19.1. The Morgan fingerprint density at radius 1 is 1.00 bits per heavy atom. The molecule has 0 unspecified atom stereocenters. The van der Waals surface area contributed by atoms with Crippen molar-refractivity contribution >= 4 is 22.4 Å². The van der Waals surface area contributed by atoms with Gasteiger partial charge in [-0.2, -0.15) is 0 Å². The summed E-state index contributed by atoms with van der Waals surface area (Å²) in [6.07, 6.45) is 0. The molecule has 0 radical (unpaired) electrons. The molecule has 3 aromatic carbocycles.